The molecule has 0 fully saturated rings. The molecular weight excluding hydrogens is 290 g/mol. The highest BCUT2D eigenvalue weighted by Crippen LogP contribution is 2.17. The molecule has 118 valence electrons. The molecule has 0 bridgehead atoms. The Morgan fingerprint density at radius 1 is 1.14 bits per heavy atom. The molecule has 6 heteroatoms. The summed E-state index contributed by atoms with van der Waals surface area (Å²) in [5.74, 6) is -0.154. The second kappa shape index (κ2) is 10.2. The smallest absolute Gasteiger partial charge is 0.255 e. The van der Waals surface area contributed by atoms with Crippen molar-refractivity contribution < 1.29 is 9.59 Å². The number of carbonyl (C=O) groups excluding carboxylic acids is 2. The number of hydrogen-bond donors (Lipinski definition) is 2. The number of rotatable bonds is 7. The van der Waals surface area contributed by atoms with Gasteiger partial charge in [-0.3, -0.25) is 9.59 Å². The maximum Gasteiger partial charge on any atom is 0.255 e. The van der Waals surface area contributed by atoms with E-state index >= 15 is 0 Å². The Hall–Kier alpha value is -1.59. The van der Waals surface area contributed by atoms with E-state index in [4.69, 9.17) is 0 Å². The van der Waals surface area contributed by atoms with Crippen molar-refractivity contribution in [1.82, 2.24) is 10.2 Å². The molecule has 5 nitrogen and oxygen atoms in total. The average molecular weight is 314 g/mol. The molecule has 0 radical (unpaired) electrons. The first kappa shape index (κ1) is 19.4. The lowest BCUT2D eigenvalue weighted by atomic mass is 10.1. The van der Waals surface area contributed by atoms with E-state index in [-0.39, 0.29) is 24.2 Å². The molecule has 0 saturated heterocycles. The second-order valence-electron chi connectivity index (χ2n) is 4.42. The van der Waals surface area contributed by atoms with Crippen molar-refractivity contribution in [2.24, 2.45) is 0 Å². The number of nitrogens with one attached hydrogen (secondary N) is 2. The average Bonchev–Trinajstić information content (AvgIpc) is 2.46. The van der Waals surface area contributed by atoms with E-state index in [2.05, 4.69) is 10.6 Å². The molecule has 21 heavy (non-hydrogen) atoms. The molecule has 0 atom stereocenters. The fourth-order valence-corrected chi connectivity index (χ4v) is 1.91. The van der Waals surface area contributed by atoms with Crippen LogP contribution in [-0.4, -0.2) is 43.4 Å². The van der Waals surface area contributed by atoms with Crippen LogP contribution in [0.2, 0.25) is 0 Å². The van der Waals surface area contributed by atoms with Crippen LogP contribution in [0, 0.1) is 0 Å². The first-order valence-corrected chi connectivity index (χ1v) is 6.96. The van der Waals surface area contributed by atoms with E-state index in [1.807, 2.05) is 19.9 Å². The lowest BCUT2D eigenvalue weighted by Crippen LogP contribution is -2.31. The lowest BCUT2D eigenvalue weighted by Gasteiger charge is -2.20. The van der Waals surface area contributed by atoms with Gasteiger partial charge in [-0.2, -0.15) is 0 Å². The van der Waals surface area contributed by atoms with Gasteiger partial charge in [-0.05, 0) is 33.0 Å². The van der Waals surface area contributed by atoms with Gasteiger partial charge in [0, 0.05) is 26.1 Å². The van der Waals surface area contributed by atoms with E-state index < -0.39 is 0 Å². The molecule has 1 aromatic carbocycles. The Morgan fingerprint density at radius 2 is 1.76 bits per heavy atom. The summed E-state index contributed by atoms with van der Waals surface area (Å²) < 4.78 is 0. The predicted molar refractivity (Wildman–Crippen MR) is 88.1 cm³/mol. The van der Waals surface area contributed by atoms with Gasteiger partial charge in [0.1, 0.15) is 0 Å². The van der Waals surface area contributed by atoms with E-state index in [9.17, 15) is 9.59 Å². The number of anilines is 1. The van der Waals surface area contributed by atoms with Gasteiger partial charge in [0.15, 0.2) is 0 Å². The van der Waals surface area contributed by atoms with Crippen molar-refractivity contribution in [3.05, 3.63) is 29.8 Å². The number of amides is 2. The summed E-state index contributed by atoms with van der Waals surface area (Å²) in [5.41, 5.74) is 1.11. The van der Waals surface area contributed by atoms with E-state index in [0.29, 0.717) is 37.3 Å². The van der Waals surface area contributed by atoms with Crippen molar-refractivity contribution in [2.75, 3.05) is 32.0 Å². The highest BCUT2D eigenvalue weighted by atomic mass is 35.5. The monoisotopic (exact) mass is 313 g/mol. The van der Waals surface area contributed by atoms with Crippen LogP contribution in [0.3, 0.4) is 0 Å². The van der Waals surface area contributed by atoms with Crippen LogP contribution in [-0.2, 0) is 4.79 Å². The molecule has 1 rings (SSSR count). The van der Waals surface area contributed by atoms with Gasteiger partial charge in [-0.15, -0.1) is 12.4 Å². The molecule has 0 spiro atoms. The molecule has 2 amide bonds. The second-order valence-corrected chi connectivity index (χ2v) is 4.42. The Balaban J connectivity index is 0.00000400. The summed E-state index contributed by atoms with van der Waals surface area (Å²) in [6, 6.07) is 7.12. The molecule has 0 unspecified atom stereocenters. The number of carbonyl (C=O) groups is 2. The molecule has 1 aromatic rings. The van der Waals surface area contributed by atoms with Crippen molar-refractivity contribution >= 4 is 29.9 Å². The highest BCUT2D eigenvalue weighted by molar-refractivity contribution is 6.03. The number of nitrogens with zero attached hydrogens (tertiary/aromatic N) is 1. The Morgan fingerprint density at radius 3 is 2.33 bits per heavy atom. The van der Waals surface area contributed by atoms with Crippen LogP contribution in [0.4, 0.5) is 5.69 Å². The summed E-state index contributed by atoms with van der Waals surface area (Å²) in [4.78, 5) is 25.9. The fourth-order valence-electron chi connectivity index (χ4n) is 1.91. The van der Waals surface area contributed by atoms with Gasteiger partial charge in [0.2, 0.25) is 5.91 Å². The normalized spacial score (nSPS) is 9.67. The van der Waals surface area contributed by atoms with Crippen molar-refractivity contribution in [1.29, 1.82) is 0 Å². The van der Waals surface area contributed by atoms with E-state index in [1.165, 1.54) is 0 Å². The summed E-state index contributed by atoms with van der Waals surface area (Å²) in [6.45, 7) is 5.79. The minimum absolute atomic E-state index is 0. The minimum Gasteiger partial charge on any atom is -0.339 e. The third kappa shape index (κ3) is 5.73. The Kier molecular flexibility index (Phi) is 9.41. The maximum absolute atomic E-state index is 12.4. The Bertz CT molecular complexity index is 462. The van der Waals surface area contributed by atoms with E-state index in [0.717, 1.165) is 0 Å². The standard InChI is InChI=1S/C15H23N3O2.ClH/c1-4-18(5-2)15(20)12-8-6-7-9-13(12)17-14(19)10-11-16-3;/h6-9,16H,4-5,10-11H2,1-3H3,(H,17,19);1H. The van der Waals surface area contributed by atoms with Gasteiger partial charge < -0.3 is 15.5 Å². The zero-order valence-corrected chi connectivity index (χ0v) is 13.6. The molecule has 0 aliphatic heterocycles. The number of benzene rings is 1. The van der Waals surface area contributed by atoms with Gasteiger partial charge in [0.05, 0.1) is 11.3 Å². The van der Waals surface area contributed by atoms with Crippen molar-refractivity contribution in [3.63, 3.8) is 0 Å². The largest absolute Gasteiger partial charge is 0.339 e. The van der Waals surface area contributed by atoms with Crippen LogP contribution in [0.15, 0.2) is 24.3 Å². The molecule has 0 aliphatic rings. The first-order chi connectivity index (χ1) is 9.63. The van der Waals surface area contributed by atoms with E-state index in [1.54, 1.807) is 30.1 Å². The quantitative estimate of drug-likeness (QED) is 0.810. The minimum atomic E-state index is -0.0980. The zero-order valence-electron chi connectivity index (χ0n) is 12.8. The fraction of sp³-hybridized carbons (Fsp3) is 0.467. The Labute approximate surface area is 132 Å². The molecule has 0 aromatic heterocycles. The van der Waals surface area contributed by atoms with Gasteiger partial charge >= 0.3 is 0 Å². The molecule has 0 aliphatic carbocycles. The van der Waals surface area contributed by atoms with Crippen LogP contribution in [0.1, 0.15) is 30.6 Å². The number of halogens is 1. The van der Waals surface area contributed by atoms with Gasteiger partial charge in [0.25, 0.3) is 5.91 Å². The highest BCUT2D eigenvalue weighted by Gasteiger charge is 2.17. The SMILES string of the molecule is CCN(CC)C(=O)c1ccccc1NC(=O)CCNC.Cl. The summed E-state index contributed by atoms with van der Waals surface area (Å²) in [6.07, 6.45) is 0.379. The molecule has 0 heterocycles. The maximum atomic E-state index is 12.4. The zero-order chi connectivity index (χ0) is 15.0. The summed E-state index contributed by atoms with van der Waals surface area (Å²) >= 11 is 0. The van der Waals surface area contributed by atoms with Crippen LogP contribution >= 0.6 is 12.4 Å². The van der Waals surface area contributed by atoms with Crippen molar-refractivity contribution in [3.8, 4) is 0 Å². The lowest BCUT2D eigenvalue weighted by molar-refractivity contribution is -0.116. The number of hydrogen-bond acceptors (Lipinski definition) is 3. The van der Waals surface area contributed by atoms with Crippen LogP contribution in [0.5, 0.6) is 0 Å². The van der Waals surface area contributed by atoms with Gasteiger partial charge in [-0.25, -0.2) is 0 Å². The first-order valence-electron chi connectivity index (χ1n) is 6.96. The van der Waals surface area contributed by atoms with Crippen LogP contribution in [0.25, 0.3) is 0 Å². The molecular formula is C15H24ClN3O2. The third-order valence-corrected chi connectivity index (χ3v) is 3.08. The predicted octanol–water partition coefficient (Wildman–Crippen LogP) is 2.14. The molecule has 0 saturated carbocycles. The summed E-state index contributed by atoms with van der Waals surface area (Å²) in [7, 11) is 1.80. The number of para-hydroxylation sites is 1. The topological polar surface area (TPSA) is 61.4 Å². The third-order valence-electron chi connectivity index (χ3n) is 3.08. The molecule has 2 N–H and O–H groups in total. The summed E-state index contributed by atoms with van der Waals surface area (Å²) in [5, 5.41) is 5.73. The van der Waals surface area contributed by atoms with Gasteiger partial charge in [-0.1, -0.05) is 12.1 Å². The van der Waals surface area contributed by atoms with Crippen molar-refractivity contribution in [2.45, 2.75) is 20.3 Å². The van der Waals surface area contributed by atoms with Crippen LogP contribution < -0.4 is 10.6 Å².